The Balaban J connectivity index is 1.43. The van der Waals surface area contributed by atoms with Crippen molar-refractivity contribution in [1.82, 2.24) is 10.6 Å². The fourth-order valence-electron chi connectivity index (χ4n) is 2.95. The molecule has 1 heterocycles. The lowest BCUT2D eigenvalue weighted by Crippen LogP contribution is -2.47. The molecule has 0 spiro atoms. The van der Waals surface area contributed by atoms with Gasteiger partial charge in [0.15, 0.2) is 0 Å². The van der Waals surface area contributed by atoms with Crippen LogP contribution in [0.3, 0.4) is 0 Å². The zero-order valence-corrected chi connectivity index (χ0v) is 16.2. The summed E-state index contributed by atoms with van der Waals surface area (Å²) in [6, 6.07) is 19.8. The van der Waals surface area contributed by atoms with E-state index in [0.717, 1.165) is 31.8 Å². The van der Waals surface area contributed by atoms with Crippen molar-refractivity contribution < 1.29 is 14.3 Å². The van der Waals surface area contributed by atoms with Gasteiger partial charge in [-0.2, -0.15) is 0 Å². The van der Waals surface area contributed by atoms with Gasteiger partial charge in [0.1, 0.15) is 12.4 Å². The highest BCUT2D eigenvalue weighted by Crippen LogP contribution is 2.39. The summed E-state index contributed by atoms with van der Waals surface area (Å²) in [5, 5.41) is 5.89. The van der Waals surface area contributed by atoms with Crippen molar-refractivity contribution in [3.63, 3.8) is 0 Å². The average molecular weight is 387 g/mol. The van der Waals surface area contributed by atoms with Crippen LogP contribution in [0.4, 0.5) is 4.79 Å². The van der Waals surface area contributed by atoms with E-state index in [0.29, 0.717) is 19.7 Å². The molecule has 2 aromatic carbocycles. The van der Waals surface area contributed by atoms with Gasteiger partial charge in [0, 0.05) is 29.4 Å². The summed E-state index contributed by atoms with van der Waals surface area (Å²) in [7, 11) is 0. The van der Waals surface area contributed by atoms with Crippen LogP contribution in [0.1, 0.15) is 12.8 Å². The third kappa shape index (κ3) is 6.48. The molecule has 2 aromatic rings. The van der Waals surface area contributed by atoms with Gasteiger partial charge in [-0.05, 0) is 37.1 Å². The Morgan fingerprint density at radius 2 is 1.67 bits per heavy atom. The zero-order chi connectivity index (χ0) is 18.8. The molecule has 144 valence electrons. The molecule has 3 rings (SSSR count). The molecule has 0 aliphatic carbocycles. The van der Waals surface area contributed by atoms with Crippen LogP contribution < -0.4 is 15.4 Å². The maximum absolute atomic E-state index is 12.2. The van der Waals surface area contributed by atoms with E-state index in [1.54, 1.807) is 0 Å². The van der Waals surface area contributed by atoms with Crippen LogP contribution in [0.2, 0.25) is 0 Å². The molecule has 1 aliphatic heterocycles. The molecule has 2 amide bonds. The molecule has 0 unspecified atom stereocenters. The number of carbonyl (C=O) groups is 1. The maximum Gasteiger partial charge on any atom is 0.314 e. The van der Waals surface area contributed by atoms with Crippen molar-refractivity contribution in [3.05, 3.63) is 60.7 Å². The summed E-state index contributed by atoms with van der Waals surface area (Å²) in [4.78, 5) is 13.4. The highest BCUT2D eigenvalue weighted by molar-refractivity contribution is 8.00. The third-order valence-electron chi connectivity index (χ3n) is 4.45. The number of nitrogens with one attached hydrogen (secondary N) is 2. The van der Waals surface area contributed by atoms with E-state index in [1.807, 2.05) is 60.3 Å². The van der Waals surface area contributed by atoms with Crippen LogP contribution in [0.5, 0.6) is 5.75 Å². The lowest BCUT2D eigenvalue weighted by atomic mass is 9.99. The Morgan fingerprint density at radius 1 is 1.00 bits per heavy atom. The standard InChI is InChI=1S/C21H26N2O3S/c24-20(22-13-16-26-18-7-3-1-4-8-18)23-17-21(11-14-25-15-12-21)27-19-9-5-2-6-10-19/h1-10H,11-17H2,(H2,22,23,24). The van der Waals surface area contributed by atoms with Crippen LogP contribution in [0.25, 0.3) is 0 Å². The first-order valence-electron chi connectivity index (χ1n) is 9.27. The van der Waals surface area contributed by atoms with E-state index < -0.39 is 0 Å². The van der Waals surface area contributed by atoms with E-state index in [2.05, 4.69) is 22.8 Å². The minimum absolute atomic E-state index is 0.0303. The lowest BCUT2D eigenvalue weighted by Gasteiger charge is -2.36. The molecule has 0 bridgehead atoms. The van der Waals surface area contributed by atoms with Crippen LogP contribution in [0, 0.1) is 0 Å². The Hall–Kier alpha value is -2.18. The van der Waals surface area contributed by atoms with Gasteiger partial charge in [-0.1, -0.05) is 36.4 Å². The normalized spacial score (nSPS) is 15.7. The first-order chi connectivity index (χ1) is 13.3. The Morgan fingerprint density at radius 3 is 2.37 bits per heavy atom. The number of amides is 2. The molecule has 27 heavy (non-hydrogen) atoms. The molecular weight excluding hydrogens is 360 g/mol. The quantitative estimate of drug-likeness (QED) is 0.679. The molecule has 0 aromatic heterocycles. The van der Waals surface area contributed by atoms with Crippen LogP contribution >= 0.6 is 11.8 Å². The number of carbonyl (C=O) groups excluding carboxylic acids is 1. The smallest absolute Gasteiger partial charge is 0.314 e. The van der Waals surface area contributed by atoms with E-state index >= 15 is 0 Å². The topological polar surface area (TPSA) is 59.6 Å². The molecule has 2 N–H and O–H groups in total. The number of ether oxygens (including phenoxy) is 2. The number of rotatable bonds is 8. The van der Waals surface area contributed by atoms with Crippen molar-refractivity contribution in [3.8, 4) is 5.75 Å². The van der Waals surface area contributed by atoms with Crippen molar-refractivity contribution in [2.75, 3.05) is 32.9 Å². The van der Waals surface area contributed by atoms with Crippen LogP contribution in [0.15, 0.2) is 65.6 Å². The second-order valence-electron chi connectivity index (χ2n) is 6.48. The van der Waals surface area contributed by atoms with E-state index in [-0.39, 0.29) is 10.8 Å². The predicted molar refractivity (Wildman–Crippen MR) is 108 cm³/mol. The second-order valence-corrected chi connectivity index (χ2v) is 8.02. The number of hydrogen-bond acceptors (Lipinski definition) is 4. The zero-order valence-electron chi connectivity index (χ0n) is 15.4. The number of urea groups is 1. The van der Waals surface area contributed by atoms with Gasteiger partial charge in [0.2, 0.25) is 0 Å². The van der Waals surface area contributed by atoms with E-state index in [9.17, 15) is 4.79 Å². The summed E-state index contributed by atoms with van der Waals surface area (Å²) in [6.07, 6.45) is 1.84. The summed E-state index contributed by atoms with van der Waals surface area (Å²) >= 11 is 1.83. The minimum atomic E-state index is -0.161. The molecule has 0 radical (unpaired) electrons. The summed E-state index contributed by atoms with van der Waals surface area (Å²) in [6.45, 7) is 2.97. The second kappa shape index (κ2) is 10.2. The molecule has 1 aliphatic rings. The maximum atomic E-state index is 12.2. The van der Waals surface area contributed by atoms with Gasteiger partial charge in [0.05, 0.1) is 6.54 Å². The number of benzene rings is 2. The number of para-hydroxylation sites is 1. The predicted octanol–water partition coefficient (Wildman–Crippen LogP) is 3.71. The Bertz CT molecular complexity index is 691. The monoisotopic (exact) mass is 386 g/mol. The number of thioether (sulfide) groups is 1. The first-order valence-corrected chi connectivity index (χ1v) is 10.1. The Labute approximate surface area is 164 Å². The molecule has 1 fully saturated rings. The SMILES string of the molecule is O=C(NCCOc1ccccc1)NCC1(Sc2ccccc2)CCOCC1. The van der Waals surface area contributed by atoms with Gasteiger partial charge in [-0.3, -0.25) is 0 Å². The van der Waals surface area contributed by atoms with Crippen LogP contribution in [-0.2, 0) is 4.74 Å². The number of hydrogen-bond donors (Lipinski definition) is 2. The van der Waals surface area contributed by atoms with Crippen molar-refractivity contribution in [2.45, 2.75) is 22.5 Å². The lowest BCUT2D eigenvalue weighted by molar-refractivity contribution is 0.0776. The molecule has 1 saturated heterocycles. The van der Waals surface area contributed by atoms with Gasteiger partial charge in [-0.15, -0.1) is 11.8 Å². The molecular formula is C21H26N2O3S. The van der Waals surface area contributed by atoms with Crippen molar-refractivity contribution in [1.29, 1.82) is 0 Å². The summed E-state index contributed by atoms with van der Waals surface area (Å²) < 4.78 is 11.1. The summed E-state index contributed by atoms with van der Waals surface area (Å²) in [5.74, 6) is 0.806. The summed E-state index contributed by atoms with van der Waals surface area (Å²) in [5.41, 5.74) is 0. The highest BCUT2D eigenvalue weighted by Gasteiger charge is 2.34. The van der Waals surface area contributed by atoms with Gasteiger partial charge < -0.3 is 20.1 Å². The molecule has 0 saturated carbocycles. The first kappa shape index (κ1) is 19.6. The van der Waals surface area contributed by atoms with Gasteiger partial charge in [0.25, 0.3) is 0 Å². The van der Waals surface area contributed by atoms with Gasteiger partial charge in [-0.25, -0.2) is 4.79 Å². The average Bonchev–Trinajstić information content (AvgIpc) is 2.72. The minimum Gasteiger partial charge on any atom is -0.492 e. The third-order valence-corrected chi connectivity index (χ3v) is 5.95. The molecule has 6 heteroatoms. The largest absolute Gasteiger partial charge is 0.492 e. The molecule has 5 nitrogen and oxygen atoms in total. The fourth-order valence-corrected chi connectivity index (χ4v) is 4.26. The highest BCUT2D eigenvalue weighted by atomic mass is 32.2. The van der Waals surface area contributed by atoms with Crippen molar-refractivity contribution >= 4 is 17.8 Å². The van der Waals surface area contributed by atoms with Gasteiger partial charge >= 0.3 is 6.03 Å². The molecule has 0 atom stereocenters. The fraction of sp³-hybridized carbons (Fsp3) is 0.381. The van der Waals surface area contributed by atoms with E-state index in [4.69, 9.17) is 9.47 Å². The van der Waals surface area contributed by atoms with Crippen LogP contribution in [-0.4, -0.2) is 43.7 Å². The van der Waals surface area contributed by atoms with Crippen molar-refractivity contribution in [2.24, 2.45) is 0 Å². The Kier molecular flexibility index (Phi) is 7.42. The van der Waals surface area contributed by atoms with E-state index in [1.165, 1.54) is 4.90 Å².